The number of nitrogens with one attached hydrogen (secondary N) is 1. The Morgan fingerprint density at radius 3 is 2.00 bits per heavy atom. The smallest absolute Gasteiger partial charge is 0.198 e. The van der Waals surface area contributed by atoms with Gasteiger partial charge in [-0.05, 0) is 7.05 Å². The predicted molar refractivity (Wildman–Crippen MR) is 122 cm³/mol. The van der Waals surface area contributed by atoms with Gasteiger partial charge in [0.2, 0.25) is 0 Å². The molecule has 4 saturated heterocycles. The lowest BCUT2D eigenvalue weighted by Crippen LogP contribution is -2.77. The van der Waals surface area contributed by atoms with E-state index in [1.807, 2.05) is 11.9 Å². The molecule has 4 radical (unpaired) electrons. The van der Waals surface area contributed by atoms with Gasteiger partial charge in [0.1, 0.15) is 39.1 Å². The topological polar surface area (TPSA) is 128 Å². The molecule has 0 spiro atoms. The highest BCUT2D eigenvalue weighted by molar-refractivity contribution is 6.12. The van der Waals surface area contributed by atoms with E-state index in [9.17, 15) is 0 Å². The van der Waals surface area contributed by atoms with Crippen LogP contribution in [0.2, 0.25) is 0 Å². The van der Waals surface area contributed by atoms with Crippen LogP contribution in [-0.2, 0) is 28.4 Å². The molecule has 4 aliphatic heterocycles. The average molecular weight is 466 g/mol. The van der Waals surface area contributed by atoms with Crippen molar-refractivity contribution in [2.75, 3.05) is 61.8 Å². The molecule has 4 heterocycles. The van der Waals surface area contributed by atoms with Crippen molar-refractivity contribution in [3.8, 4) is 0 Å². The van der Waals surface area contributed by atoms with Crippen LogP contribution in [0.3, 0.4) is 0 Å². The second kappa shape index (κ2) is 10.4. The van der Waals surface area contributed by atoms with Crippen LogP contribution < -0.4 is 16.8 Å². The van der Waals surface area contributed by atoms with E-state index in [0.717, 1.165) is 0 Å². The van der Waals surface area contributed by atoms with E-state index in [0.29, 0.717) is 32.1 Å². The minimum Gasteiger partial charge on any atom is -0.386 e. The molecule has 0 saturated carbocycles. The average Bonchev–Trinajstić information content (AvgIpc) is 3.43. The maximum atomic E-state index is 6.03. The van der Waals surface area contributed by atoms with Crippen molar-refractivity contribution in [3.63, 3.8) is 0 Å². The lowest BCUT2D eigenvalue weighted by atomic mass is 9.90. The molecule has 9 atom stereocenters. The molecule has 0 amide bonds. The predicted octanol–water partition coefficient (Wildman–Crippen LogP) is -3.63. The fraction of sp³-hybridized carbons (Fsp3) is 0.900. The second-order valence-electron chi connectivity index (χ2n) is 9.05. The number of hydrogen-bond donors (Lipinski definition) is 3. The summed E-state index contributed by atoms with van der Waals surface area (Å²) in [5.41, 5.74) is 8.80. The molecule has 3 unspecified atom stereocenters. The van der Waals surface area contributed by atoms with Crippen molar-refractivity contribution in [3.05, 3.63) is 12.4 Å². The Hall–Kier alpha value is -0.890. The number of rotatable bonds is 9. The summed E-state index contributed by atoms with van der Waals surface area (Å²) in [5, 5.41) is 3.12. The lowest BCUT2D eigenvalue weighted by molar-refractivity contribution is -0.471. The molecule has 4 rings (SSSR count). The molecule has 6 N–H and O–H groups in total. The zero-order valence-electron chi connectivity index (χ0n) is 20.4. The first-order chi connectivity index (χ1) is 15.6. The molecule has 0 aromatic rings. The summed E-state index contributed by atoms with van der Waals surface area (Å²) in [6.07, 6.45) is -0.218. The molecule has 0 aromatic heterocycles. The number of nitrogens with two attached hydrogens (primary N) is 1. The van der Waals surface area contributed by atoms with E-state index < -0.39 is 17.2 Å². The zero-order valence-corrected chi connectivity index (χ0v) is 20.4. The molecule has 4 fully saturated rings. The first-order valence-corrected chi connectivity index (χ1v) is 11.0. The monoisotopic (exact) mass is 466 g/mol. The molecule has 33 heavy (non-hydrogen) atoms. The summed E-state index contributed by atoms with van der Waals surface area (Å²) in [6, 6.07) is -0.849. The molecule has 0 aromatic carbocycles. The molecular weight excluding hydrogens is 428 g/mol. The number of fused-ring (bicyclic) bond motifs is 4. The van der Waals surface area contributed by atoms with E-state index in [-0.39, 0.29) is 36.6 Å². The summed E-state index contributed by atoms with van der Waals surface area (Å²) < 4.78 is 33.1. The fourth-order valence-electron chi connectivity index (χ4n) is 5.85. The third-order valence-corrected chi connectivity index (χ3v) is 7.09. The highest BCUT2D eigenvalue weighted by Crippen LogP contribution is 2.44. The molecule has 0 aliphatic carbocycles. The number of hydrogen-bond acceptors (Lipinski definition) is 10. The number of likely N-dealkylation sites (tertiary alicyclic amines) is 2. The van der Waals surface area contributed by atoms with Gasteiger partial charge in [0.15, 0.2) is 6.29 Å². The van der Waals surface area contributed by atoms with Crippen LogP contribution in [0.1, 0.15) is 0 Å². The number of ether oxygens (including phenoxy) is 6. The number of morpholine rings is 2. The van der Waals surface area contributed by atoms with Gasteiger partial charge in [0.25, 0.3) is 0 Å². The van der Waals surface area contributed by atoms with Crippen molar-refractivity contribution in [1.82, 2.24) is 15.1 Å². The molecule has 4 bridgehead atoms. The van der Waals surface area contributed by atoms with Crippen molar-refractivity contribution in [2.24, 2.45) is 5.73 Å². The summed E-state index contributed by atoms with van der Waals surface area (Å²) >= 11 is 0. The Morgan fingerprint density at radius 1 is 1.06 bits per heavy atom. The SMILES string of the molecule is [B][C@@H]1O[C@@]2(COC)CN(C(=C)N)[C@H]1C2OC.[B][C@@H]1O[C@@]2(COC)CN(C([NH3+])NC)[C@H]1C2OC. The highest BCUT2D eigenvalue weighted by atomic mass is 16.6. The minimum atomic E-state index is -0.532. The maximum Gasteiger partial charge on any atom is 0.198 e. The van der Waals surface area contributed by atoms with Gasteiger partial charge >= 0.3 is 0 Å². The standard InChI is InChI=1S/C10H20BN3O3.C10H17BN2O3/c1-13-9(12)14-4-10(5-15-2)7(16-3)6(14)8(11)17-10;1-6(12)13-4-10(5-14-2)8(15-3)7(13)9(11)16-10/h6-9,13H,4-5,12H2,1-3H3;7-9H,1,4-5,12H2,2-3H3/p+1/t6-,7?,8+,9?,10+;7-,8?,9+,10+/m00/s1. The highest BCUT2D eigenvalue weighted by Gasteiger charge is 2.64. The van der Waals surface area contributed by atoms with Gasteiger partial charge < -0.3 is 44.8 Å². The first kappa shape index (κ1) is 26.7. The van der Waals surface area contributed by atoms with E-state index in [2.05, 4.69) is 22.5 Å². The van der Waals surface area contributed by atoms with Crippen LogP contribution in [0.15, 0.2) is 12.4 Å². The van der Waals surface area contributed by atoms with Crippen LogP contribution >= 0.6 is 0 Å². The van der Waals surface area contributed by atoms with Gasteiger partial charge in [-0.1, -0.05) is 6.58 Å². The maximum absolute atomic E-state index is 6.03. The van der Waals surface area contributed by atoms with Gasteiger partial charge in [-0.15, -0.1) is 0 Å². The van der Waals surface area contributed by atoms with E-state index in [1.54, 1.807) is 28.4 Å². The van der Waals surface area contributed by atoms with Crippen molar-refractivity contribution in [1.29, 1.82) is 0 Å². The van der Waals surface area contributed by atoms with Crippen LogP contribution in [-0.4, -0.2) is 141 Å². The molecule has 184 valence electrons. The Morgan fingerprint density at radius 2 is 1.55 bits per heavy atom. The van der Waals surface area contributed by atoms with Gasteiger partial charge in [0, 0.05) is 47.0 Å². The number of nitrogens with zero attached hydrogens (tertiary/aromatic N) is 2. The largest absolute Gasteiger partial charge is 0.386 e. The van der Waals surface area contributed by atoms with Crippen LogP contribution in [0.4, 0.5) is 0 Å². The third kappa shape index (κ3) is 4.43. The fourth-order valence-corrected chi connectivity index (χ4v) is 5.85. The van der Waals surface area contributed by atoms with Crippen LogP contribution in [0.25, 0.3) is 0 Å². The molecule has 13 heteroatoms. The lowest BCUT2D eigenvalue weighted by Gasteiger charge is -2.36. The minimum absolute atomic E-state index is 0.00803. The van der Waals surface area contributed by atoms with Gasteiger partial charge in [-0.3, -0.25) is 5.32 Å². The van der Waals surface area contributed by atoms with E-state index in [1.165, 1.54) is 0 Å². The Balaban J connectivity index is 0.000000186. The summed E-state index contributed by atoms with van der Waals surface area (Å²) in [4.78, 5) is 4.11. The van der Waals surface area contributed by atoms with Gasteiger partial charge in [-0.25, -0.2) is 4.90 Å². The van der Waals surface area contributed by atoms with Gasteiger partial charge in [0.05, 0.1) is 37.7 Å². The Kier molecular flexibility index (Phi) is 8.41. The zero-order chi connectivity index (χ0) is 24.6. The first-order valence-electron chi connectivity index (χ1n) is 11.0. The second-order valence-corrected chi connectivity index (χ2v) is 9.05. The quantitative estimate of drug-likeness (QED) is 0.232. The molecule has 4 aliphatic rings. The summed E-state index contributed by atoms with van der Waals surface area (Å²) in [5.74, 6) is 0.490. The normalized spacial score (nSPS) is 42.4. The van der Waals surface area contributed by atoms with Crippen LogP contribution in [0, 0.1) is 0 Å². The Labute approximate surface area is 199 Å². The third-order valence-electron chi connectivity index (χ3n) is 7.09. The van der Waals surface area contributed by atoms with Crippen LogP contribution in [0.5, 0.6) is 0 Å². The van der Waals surface area contributed by atoms with Crippen molar-refractivity contribution in [2.45, 2.75) is 53.8 Å². The van der Waals surface area contributed by atoms with E-state index in [4.69, 9.17) is 49.8 Å². The number of methoxy groups -OCH3 is 4. The number of quaternary nitrogens is 1. The molecule has 11 nitrogen and oxygen atoms in total. The summed E-state index contributed by atoms with van der Waals surface area (Å²) in [6.45, 7) is 5.97. The van der Waals surface area contributed by atoms with Gasteiger partial charge in [-0.2, -0.15) is 0 Å². The van der Waals surface area contributed by atoms with Crippen molar-refractivity contribution >= 4 is 15.7 Å². The van der Waals surface area contributed by atoms with Crippen molar-refractivity contribution < 1.29 is 34.2 Å². The van der Waals surface area contributed by atoms with E-state index >= 15 is 0 Å². The Bertz CT molecular complexity index is 697. The summed E-state index contributed by atoms with van der Waals surface area (Å²) in [7, 11) is 20.5. The molecular formula is C20H38B2N5O6+.